The summed E-state index contributed by atoms with van der Waals surface area (Å²) in [6, 6.07) is 12.2. The smallest absolute Gasteiger partial charge is 0.407 e. The second-order valence-corrected chi connectivity index (χ2v) is 10.5. The van der Waals surface area contributed by atoms with E-state index in [-0.39, 0.29) is 23.7 Å². The van der Waals surface area contributed by atoms with Crippen molar-refractivity contribution < 1.29 is 14.3 Å². The summed E-state index contributed by atoms with van der Waals surface area (Å²) in [5.41, 5.74) is 4.50. The highest BCUT2D eigenvalue weighted by atomic mass is 35.5. The summed E-state index contributed by atoms with van der Waals surface area (Å²) in [4.78, 5) is 15.3. The Balaban J connectivity index is 1.33. The summed E-state index contributed by atoms with van der Waals surface area (Å²) in [5.74, 6) is 1.18. The van der Waals surface area contributed by atoms with Crippen molar-refractivity contribution in [3.05, 3.63) is 52.5 Å². The van der Waals surface area contributed by atoms with Gasteiger partial charge in [-0.25, -0.2) is 4.79 Å². The van der Waals surface area contributed by atoms with Gasteiger partial charge in [-0.1, -0.05) is 49.7 Å². The van der Waals surface area contributed by atoms with Crippen molar-refractivity contribution in [3.8, 4) is 16.9 Å². The van der Waals surface area contributed by atoms with Gasteiger partial charge in [0.2, 0.25) is 0 Å². The number of fused-ring (bicyclic) bond motifs is 4. The molecule has 1 unspecified atom stereocenters. The van der Waals surface area contributed by atoms with Gasteiger partial charge in [-0.3, -0.25) is 4.90 Å². The number of rotatable bonds is 4. The predicted octanol–water partition coefficient (Wildman–Crippen LogP) is 5.46. The number of hydrogen-bond acceptors (Lipinski definition) is 4. The van der Waals surface area contributed by atoms with Crippen molar-refractivity contribution in [1.82, 2.24) is 10.2 Å². The molecule has 0 spiro atoms. The Morgan fingerprint density at radius 3 is 2.50 bits per heavy atom. The lowest BCUT2D eigenvalue weighted by molar-refractivity contribution is -0.0348. The second kappa shape index (κ2) is 8.27. The highest BCUT2D eigenvalue weighted by Gasteiger charge is 2.42. The van der Waals surface area contributed by atoms with E-state index in [0.29, 0.717) is 16.7 Å². The van der Waals surface area contributed by atoms with Gasteiger partial charge in [-0.05, 0) is 78.1 Å². The molecule has 6 heteroatoms. The molecule has 3 fully saturated rings. The number of halogens is 1. The summed E-state index contributed by atoms with van der Waals surface area (Å²) < 4.78 is 11.2. The summed E-state index contributed by atoms with van der Waals surface area (Å²) in [5, 5.41) is 3.80. The van der Waals surface area contributed by atoms with Crippen molar-refractivity contribution >= 4 is 17.7 Å². The molecule has 3 saturated heterocycles. The lowest BCUT2D eigenvalue weighted by Crippen LogP contribution is -2.53. The summed E-state index contributed by atoms with van der Waals surface area (Å²) >= 11 is 6.34. The van der Waals surface area contributed by atoms with Crippen LogP contribution in [0.2, 0.25) is 5.02 Å². The van der Waals surface area contributed by atoms with Crippen LogP contribution in [0.1, 0.15) is 43.9 Å². The lowest BCUT2D eigenvalue weighted by Gasteiger charge is -2.44. The van der Waals surface area contributed by atoms with Gasteiger partial charge in [0, 0.05) is 6.54 Å². The number of hydrogen-bond donors (Lipinski definition) is 1. The van der Waals surface area contributed by atoms with Crippen LogP contribution in [0.5, 0.6) is 5.75 Å². The fourth-order valence-electron chi connectivity index (χ4n) is 5.69. The Labute approximate surface area is 195 Å². The zero-order valence-corrected chi connectivity index (χ0v) is 19.7. The third-order valence-corrected chi connectivity index (χ3v) is 7.78. The van der Waals surface area contributed by atoms with E-state index in [0.717, 1.165) is 50.0 Å². The van der Waals surface area contributed by atoms with E-state index in [1.54, 1.807) is 7.11 Å². The predicted molar refractivity (Wildman–Crippen MR) is 126 cm³/mol. The first-order chi connectivity index (χ1) is 15.3. The van der Waals surface area contributed by atoms with E-state index >= 15 is 0 Å². The minimum absolute atomic E-state index is 0.0173. The highest BCUT2D eigenvalue weighted by molar-refractivity contribution is 6.32. The topological polar surface area (TPSA) is 50.8 Å². The van der Waals surface area contributed by atoms with Crippen molar-refractivity contribution in [1.29, 1.82) is 0 Å². The first-order valence-electron chi connectivity index (χ1n) is 11.5. The van der Waals surface area contributed by atoms with Crippen LogP contribution in [0.15, 0.2) is 36.4 Å². The molecule has 1 N–H and O–H groups in total. The van der Waals surface area contributed by atoms with Crippen molar-refractivity contribution in [2.45, 2.75) is 45.3 Å². The van der Waals surface area contributed by atoms with Gasteiger partial charge in [-0.15, -0.1) is 0 Å². The van der Waals surface area contributed by atoms with Crippen LogP contribution >= 0.6 is 11.6 Å². The minimum Gasteiger partial charge on any atom is -0.495 e. The summed E-state index contributed by atoms with van der Waals surface area (Å²) in [7, 11) is 1.62. The second-order valence-electron chi connectivity index (χ2n) is 10.1. The van der Waals surface area contributed by atoms with E-state index in [2.05, 4.69) is 42.3 Å². The molecule has 2 atom stereocenters. The fraction of sp³-hybridized carbons (Fsp3) is 0.500. The van der Waals surface area contributed by atoms with Gasteiger partial charge in [-0.2, -0.15) is 0 Å². The number of alkyl carbamates (subject to hydrolysis) is 1. The maximum Gasteiger partial charge on any atom is 0.407 e. The van der Waals surface area contributed by atoms with Gasteiger partial charge in [0.25, 0.3) is 0 Å². The first-order valence-corrected chi connectivity index (χ1v) is 11.9. The first kappa shape index (κ1) is 21.6. The normalized spacial score (nSPS) is 27.6. The van der Waals surface area contributed by atoms with E-state index in [1.165, 1.54) is 11.1 Å². The van der Waals surface area contributed by atoms with E-state index in [4.69, 9.17) is 21.1 Å². The van der Waals surface area contributed by atoms with Crippen molar-refractivity contribution in [2.75, 3.05) is 26.7 Å². The molecule has 3 aliphatic heterocycles. The van der Waals surface area contributed by atoms with Crippen molar-refractivity contribution in [2.24, 2.45) is 11.3 Å². The molecule has 170 valence electrons. The fourth-order valence-corrected chi connectivity index (χ4v) is 5.94. The molecular weight excluding hydrogens is 424 g/mol. The summed E-state index contributed by atoms with van der Waals surface area (Å²) in [6.07, 6.45) is 2.89. The van der Waals surface area contributed by atoms with Crippen LogP contribution in [-0.2, 0) is 11.2 Å². The molecular formula is C26H31ClN2O3. The number of nitrogens with zero attached hydrogens (tertiary/aromatic N) is 1. The standard InChI is InChI=1S/C26H31ClN2O3/c1-26(2)14-19-12-17(18-5-7-22(31-3)21(27)13-18)4-6-20(19)24(26)28-25(30)32-23-15-29-10-8-16(23)9-11-29/h4-7,12-13,16,23-24H,8-11,14-15H2,1-3H3,(H,28,30)/t23-,24?/m1/s1. The SMILES string of the molecule is COc1ccc(-c2ccc3c(c2)CC(C)(C)C3NC(=O)O[C@@H]2CN3CCC2CC3)cc1Cl. The van der Waals surface area contributed by atoms with Crippen LogP contribution in [0.25, 0.3) is 11.1 Å². The van der Waals surface area contributed by atoms with E-state index in [1.807, 2.05) is 18.2 Å². The minimum atomic E-state index is -0.291. The number of carbonyl (C=O) groups is 1. The molecule has 32 heavy (non-hydrogen) atoms. The Morgan fingerprint density at radius 1 is 1.12 bits per heavy atom. The van der Waals surface area contributed by atoms with Crippen LogP contribution in [0, 0.1) is 11.3 Å². The van der Waals surface area contributed by atoms with Crippen LogP contribution in [0.3, 0.4) is 0 Å². The van der Waals surface area contributed by atoms with Gasteiger partial charge in [0.15, 0.2) is 0 Å². The van der Waals surface area contributed by atoms with E-state index < -0.39 is 0 Å². The van der Waals surface area contributed by atoms with Gasteiger partial charge < -0.3 is 14.8 Å². The van der Waals surface area contributed by atoms with Crippen LogP contribution < -0.4 is 10.1 Å². The van der Waals surface area contributed by atoms with Gasteiger partial charge in [0.05, 0.1) is 18.2 Å². The summed E-state index contributed by atoms with van der Waals surface area (Å²) in [6.45, 7) is 7.55. The monoisotopic (exact) mass is 454 g/mol. The molecule has 1 amide bonds. The Morgan fingerprint density at radius 2 is 1.84 bits per heavy atom. The quantitative estimate of drug-likeness (QED) is 0.666. The van der Waals surface area contributed by atoms with Crippen molar-refractivity contribution in [3.63, 3.8) is 0 Å². The number of benzene rings is 2. The molecule has 6 rings (SSSR count). The maximum atomic E-state index is 12.8. The molecule has 0 saturated carbocycles. The number of carbonyl (C=O) groups excluding carboxylic acids is 1. The van der Waals surface area contributed by atoms with Crippen LogP contribution in [0.4, 0.5) is 4.79 Å². The number of nitrogens with one attached hydrogen (secondary N) is 1. The lowest BCUT2D eigenvalue weighted by atomic mass is 9.85. The van der Waals surface area contributed by atoms with E-state index in [9.17, 15) is 4.79 Å². The maximum absolute atomic E-state index is 12.8. The number of methoxy groups -OCH3 is 1. The Kier molecular flexibility index (Phi) is 5.58. The molecule has 4 aliphatic rings. The molecule has 3 heterocycles. The largest absolute Gasteiger partial charge is 0.495 e. The van der Waals surface area contributed by atoms with Gasteiger partial charge >= 0.3 is 6.09 Å². The molecule has 0 aromatic heterocycles. The number of piperidine rings is 3. The number of amides is 1. The molecule has 0 radical (unpaired) electrons. The van der Waals surface area contributed by atoms with Gasteiger partial charge in [0.1, 0.15) is 11.9 Å². The molecule has 2 aromatic rings. The average Bonchev–Trinajstić information content (AvgIpc) is 3.03. The highest BCUT2D eigenvalue weighted by Crippen LogP contribution is 2.46. The number of ether oxygens (including phenoxy) is 2. The third-order valence-electron chi connectivity index (χ3n) is 7.48. The Hall–Kier alpha value is -2.24. The van der Waals surface area contributed by atoms with Crippen LogP contribution in [-0.4, -0.2) is 43.8 Å². The Bertz CT molecular complexity index is 1030. The zero-order chi connectivity index (χ0) is 22.5. The molecule has 1 aliphatic carbocycles. The third kappa shape index (κ3) is 3.97. The molecule has 2 bridgehead atoms. The average molecular weight is 455 g/mol. The molecule has 5 nitrogen and oxygen atoms in total. The zero-order valence-electron chi connectivity index (χ0n) is 19.0. The molecule has 2 aromatic carbocycles.